The van der Waals surface area contributed by atoms with E-state index in [2.05, 4.69) is 21.3 Å². The maximum absolute atomic E-state index is 14.9. The molecular formula is C50H53F3N6O7. The molecule has 4 aromatic rings. The van der Waals surface area contributed by atoms with Crippen LogP contribution in [0.3, 0.4) is 0 Å². The number of likely N-dealkylation sites (N-methyl/N-ethyl adjacent to an activating group) is 1. The SMILES string of the molecule is CC(=O)c1ccc(-c2ccc(C[C@@H]3NC(=O)[C@]4(Cc5ccccc5)CCCN(C4)C(=O)/C=C/C(=O)NCC[C@@H](C(=O)N(C)CC(F)(F)F)NC(=O)Cc4ccccc4CNC3=O)cc2)cc1. The van der Waals surface area contributed by atoms with Gasteiger partial charge in [0.25, 0.3) is 0 Å². The van der Waals surface area contributed by atoms with E-state index in [1.165, 1.54) is 11.8 Å². The third kappa shape index (κ3) is 13.2. The van der Waals surface area contributed by atoms with Gasteiger partial charge in [0.1, 0.15) is 18.6 Å². The molecule has 0 unspecified atom stereocenters. The van der Waals surface area contributed by atoms with E-state index in [1.54, 1.807) is 36.4 Å². The first-order chi connectivity index (χ1) is 31.5. The average molecular weight is 907 g/mol. The van der Waals surface area contributed by atoms with Gasteiger partial charge in [-0.3, -0.25) is 33.6 Å². The lowest BCUT2D eigenvalue weighted by Crippen LogP contribution is -2.58. The normalized spacial score (nSPS) is 20.8. The number of piperidine rings is 1. The molecule has 6 rings (SSSR count). The molecule has 4 N–H and O–H groups in total. The average Bonchev–Trinajstić information content (AvgIpc) is 3.29. The largest absolute Gasteiger partial charge is 0.406 e. The van der Waals surface area contributed by atoms with Gasteiger partial charge in [-0.15, -0.1) is 0 Å². The number of hydrogen-bond acceptors (Lipinski definition) is 7. The minimum Gasteiger partial charge on any atom is -0.352 e. The van der Waals surface area contributed by atoms with E-state index in [0.717, 1.165) is 41.5 Å². The monoisotopic (exact) mass is 906 g/mol. The van der Waals surface area contributed by atoms with Gasteiger partial charge < -0.3 is 31.1 Å². The van der Waals surface area contributed by atoms with Crippen molar-refractivity contribution in [2.24, 2.45) is 5.41 Å². The number of alkyl halides is 3. The lowest BCUT2D eigenvalue weighted by molar-refractivity contribution is -0.160. The van der Waals surface area contributed by atoms with Crippen molar-refractivity contribution in [1.29, 1.82) is 0 Å². The third-order valence-corrected chi connectivity index (χ3v) is 11.9. The van der Waals surface area contributed by atoms with Crippen LogP contribution in [0.1, 0.15) is 58.8 Å². The Morgan fingerprint density at radius 2 is 1.44 bits per heavy atom. The van der Waals surface area contributed by atoms with E-state index >= 15 is 0 Å². The summed E-state index contributed by atoms with van der Waals surface area (Å²) >= 11 is 0. The van der Waals surface area contributed by atoms with Crippen molar-refractivity contribution in [2.75, 3.05) is 33.2 Å². The number of ketones is 1. The number of carbonyl (C=O) groups is 7. The summed E-state index contributed by atoms with van der Waals surface area (Å²) in [7, 11) is 0.964. The van der Waals surface area contributed by atoms with Crippen LogP contribution in [0.25, 0.3) is 11.1 Å². The summed E-state index contributed by atoms with van der Waals surface area (Å²) in [6.45, 7) is -0.107. The van der Waals surface area contributed by atoms with Crippen LogP contribution in [0.2, 0.25) is 0 Å². The molecule has 2 aliphatic heterocycles. The molecule has 6 amide bonds. The Balaban J connectivity index is 1.33. The lowest BCUT2D eigenvalue weighted by Gasteiger charge is -2.42. The van der Waals surface area contributed by atoms with Gasteiger partial charge in [0, 0.05) is 57.4 Å². The highest BCUT2D eigenvalue weighted by atomic mass is 19.4. The lowest BCUT2D eigenvalue weighted by atomic mass is 9.74. The fraction of sp³-hybridized carbons (Fsp3) is 0.340. The van der Waals surface area contributed by atoms with E-state index in [1.807, 2.05) is 66.7 Å². The molecule has 0 radical (unpaired) electrons. The molecule has 16 heteroatoms. The Labute approximate surface area is 381 Å². The van der Waals surface area contributed by atoms with Crippen molar-refractivity contribution in [2.45, 2.75) is 70.3 Å². The first-order valence-corrected chi connectivity index (χ1v) is 21.7. The molecule has 0 aromatic heterocycles. The van der Waals surface area contributed by atoms with Crippen LogP contribution in [0.4, 0.5) is 13.2 Å². The molecule has 4 aromatic carbocycles. The number of amides is 6. The topological polar surface area (TPSA) is 174 Å². The Kier molecular flexibility index (Phi) is 15.9. The Bertz CT molecular complexity index is 2440. The maximum atomic E-state index is 14.9. The molecule has 2 heterocycles. The second-order valence-corrected chi connectivity index (χ2v) is 16.9. The number of Topliss-reactive ketones (excluding diaryl/α,β-unsaturated/α-hetero) is 1. The molecule has 1 saturated heterocycles. The Morgan fingerprint density at radius 3 is 2.11 bits per heavy atom. The molecule has 3 atom stereocenters. The molecule has 0 aliphatic carbocycles. The van der Waals surface area contributed by atoms with Crippen molar-refractivity contribution in [3.8, 4) is 11.1 Å². The first-order valence-electron chi connectivity index (χ1n) is 21.7. The van der Waals surface area contributed by atoms with Crippen LogP contribution in [0.15, 0.2) is 115 Å². The van der Waals surface area contributed by atoms with Crippen LogP contribution in [-0.4, -0.2) is 103 Å². The van der Waals surface area contributed by atoms with Gasteiger partial charge in [-0.25, -0.2) is 0 Å². The van der Waals surface area contributed by atoms with Crippen LogP contribution < -0.4 is 21.3 Å². The van der Waals surface area contributed by atoms with Crippen LogP contribution in [-0.2, 0) is 54.6 Å². The van der Waals surface area contributed by atoms with Crippen LogP contribution in [0.5, 0.6) is 0 Å². The maximum Gasteiger partial charge on any atom is 0.406 e. The van der Waals surface area contributed by atoms with E-state index in [-0.39, 0.29) is 57.6 Å². The number of nitrogens with one attached hydrogen (secondary N) is 4. The molecule has 2 aliphatic rings. The molecule has 346 valence electrons. The second-order valence-electron chi connectivity index (χ2n) is 16.9. The molecule has 0 saturated carbocycles. The number of halogens is 3. The van der Waals surface area contributed by atoms with Crippen molar-refractivity contribution in [1.82, 2.24) is 31.1 Å². The minimum absolute atomic E-state index is 0.0215. The van der Waals surface area contributed by atoms with Crippen molar-refractivity contribution in [3.63, 3.8) is 0 Å². The standard InChI is InChI=1S/C50H53F3N6O7/c1-33(60)36-17-19-38(20-18-36)37-15-13-34(14-16-37)27-42-46(64)55-30-40-12-7-6-11-39(40)28-44(62)56-41(47(65)58(2)32-50(51,52)53)23-25-54-43(61)21-22-45(63)59-26-8-24-49(31-59,48(66)57-42)29-35-9-4-3-5-10-35/h3-7,9-22,41-42H,8,23-32H2,1-2H3,(H,54,61)(H,55,64)(H,56,62)(H,57,66)/b22-21+/t41-,42-,49-/m0/s1. The summed E-state index contributed by atoms with van der Waals surface area (Å²) in [6.07, 6.45) is -2.07. The summed E-state index contributed by atoms with van der Waals surface area (Å²) in [5.41, 5.74) is 3.72. The smallest absolute Gasteiger partial charge is 0.352 e. The van der Waals surface area contributed by atoms with E-state index in [9.17, 15) is 46.7 Å². The number of nitrogens with zero attached hydrogens (tertiary/aromatic N) is 2. The van der Waals surface area contributed by atoms with Gasteiger partial charge in [0.2, 0.25) is 35.4 Å². The predicted molar refractivity (Wildman–Crippen MR) is 240 cm³/mol. The van der Waals surface area contributed by atoms with Crippen molar-refractivity contribution in [3.05, 3.63) is 143 Å². The predicted octanol–water partition coefficient (Wildman–Crippen LogP) is 4.88. The number of benzene rings is 4. The summed E-state index contributed by atoms with van der Waals surface area (Å²) in [6, 6.07) is 28.2. The van der Waals surface area contributed by atoms with Gasteiger partial charge in [0.15, 0.2) is 5.78 Å². The Hall–Kier alpha value is -7.10. The van der Waals surface area contributed by atoms with Gasteiger partial charge in [-0.1, -0.05) is 103 Å². The summed E-state index contributed by atoms with van der Waals surface area (Å²) in [5.74, 6) is -4.00. The van der Waals surface area contributed by atoms with E-state index in [0.29, 0.717) is 34.4 Å². The highest BCUT2D eigenvalue weighted by Gasteiger charge is 2.44. The van der Waals surface area contributed by atoms with Gasteiger partial charge in [-0.05, 0) is 66.0 Å². The highest BCUT2D eigenvalue weighted by molar-refractivity contribution is 5.98. The quantitative estimate of drug-likeness (QED) is 0.183. The molecule has 66 heavy (non-hydrogen) atoms. The number of fused-ring (bicyclic) bond motifs is 3. The summed E-state index contributed by atoms with van der Waals surface area (Å²) < 4.78 is 39.9. The second kappa shape index (κ2) is 21.7. The van der Waals surface area contributed by atoms with E-state index < -0.39 is 65.7 Å². The molecule has 0 spiro atoms. The Morgan fingerprint density at radius 1 is 0.788 bits per heavy atom. The van der Waals surface area contributed by atoms with E-state index in [4.69, 9.17) is 0 Å². The van der Waals surface area contributed by atoms with Crippen molar-refractivity contribution >= 4 is 41.2 Å². The minimum atomic E-state index is -4.71. The number of rotatable bonds is 8. The first kappa shape index (κ1) is 48.4. The number of hydrogen-bond donors (Lipinski definition) is 4. The molecule has 13 nitrogen and oxygen atoms in total. The van der Waals surface area contributed by atoms with Crippen LogP contribution >= 0.6 is 0 Å². The van der Waals surface area contributed by atoms with Gasteiger partial charge in [-0.2, -0.15) is 13.2 Å². The molecule has 2 bridgehead atoms. The third-order valence-electron chi connectivity index (χ3n) is 11.9. The fourth-order valence-electron chi connectivity index (χ4n) is 8.35. The van der Waals surface area contributed by atoms with Gasteiger partial charge >= 0.3 is 6.18 Å². The van der Waals surface area contributed by atoms with Crippen LogP contribution in [0, 0.1) is 5.41 Å². The van der Waals surface area contributed by atoms with Crippen molar-refractivity contribution < 1.29 is 46.7 Å². The zero-order chi connectivity index (χ0) is 47.4. The summed E-state index contributed by atoms with van der Waals surface area (Å²) in [4.78, 5) is 96.4. The van der Waals surface area contributed by atoms with Gasteiger partial charge in [0.05, 0.1) is 11.8 Å². The number of carbonyl (C=O) groups excluding carboxylic acids is 7. The fourth-order valence-corrected chi connectivity index (χ4v) is 8.35. The molecular weight excluding hydrogens is 854 g/mol. The zero-order valence-corrected chi connectivity index (χ0v) is 36.8. The highest BCUT2D eigenvalue weighted by Crippen LogP contribution is 2.35. The summed E-state index contributed by atoms with van der Waals surface area (Å²) in [5, 5.41) is 11.0. The zero-order valence-electron chi connectivity index (χ0n) is 36.8. The molecule has 1 fully saturated rings.